The van der Waals surface area contributed by atoms with Gasteiger partial charge < -0.3 is 4.55 Å². The monoisotopic (exact) mass is 291 g/mol. The minimum atomic E-state index is -4.73. The van der Waals surface area contributed by atoms with Gasteiger partial charge in [-0.1, -0.05) is 11.6 Å². The molecule has 0 saturated heterocycles. The molecule has 0 heterocycles. The number of sulfonamides is 1. The maximum Gasteiger partial charge on any atom is 1.00 e. The fourth-order valence-electron chi connectivity index (χ4n) is 0.973. The standard InChI is InChI=1S/C7H8ClNO5S2.Li/c1-15(10,11)9-5-2-3-6(8)7(4-5)16(12,13)14;/h2-4,9H,1H3,(H,12,13,14);/q;+1/p-1. The molecule has 0 radical (unpaired) electrons. The molecule has 0 aliphatic rings. The Morgan fingerprint density at radius 2 is 1.76 bits per heavy atom. The van der Waals surface area contributed by atoms with Crippen LogP contribution in [0.25, 0.3) is 0 Å². The van der Waals surface area contributed by atoms with Crippen molar-refractivity contribution in [3.05, 3.63) is 23.2 Å². The smallest absolute Gasteiger partial charge is 0.744 e. The maximum atomic E-state index is 10.9. The Hall–Kier alpha value is -0.233. The van der Waals surface area contributed by atoms with Gasteiger partial charge in [-0.15, -0.1) is 0 Å². The zero-order valence-electron chi connectivity index (χ0n) is 8.97. The van der Waals surface area contributed by atoms with Crippen molar-refractivity contribution in [1.29, 1.82) is 0 Å². The van der Waals surface area contributed by atoms with Crippen LogP contribution >= 0.6 is 11.6 Å². The molecule has 1 aromatic rings. The first kappa shape index (κ1) is 16.8. The predicted octanol–water partition coefficient (Wildman–Crippen LogP) is -2.38. The zero-order chi connectivity index (χ0) is 12.6. The molecule has 1 N–H and O–H groups in total. The Morgan fingerprint density at radius 1 is 1.24 bits per heavy atom. The van der Waals surface area contributed by atoms with Gasteiger partial charge in [0.25, 0.3) is 0 Å². The summed E-state index contributed by atoms with van der Waals surface area (Å²) in [5.74, 6) is 0. The summed E-state index contributed by atoms with van der Waals surface area (Å²) in [7, 11) is -8.27. The number of rotatable bonds is 3. The van der Waals surface area contributed by atoms with E-state index in [4.69, 9.17) is 11.6 Å². The third kappa shape index (κ3) is 5.29. The Labute approximate surface area is 116 Å². The summed E-state index contributed by atoms with van der Waals surface area (Å²) in [6, 6.07) is 3.24. The Kier molecular flexibility index (Phi) is 5.53. The van der Waals surface area contributed by atoms with E-state index in [0.717, 1.165) is 18.4 Å². The minimum Gasteiger partial charge on any atom is -0.744 e. The summed E-state index contributed by atoms with van der Waals surface area (Å²) in [4.78, 5) is -0.664. The van der Waals surface area contributed by atoms with Crippen molar-refractivity contribution in [1.82, 2.24) is 0 Å². The Bertz CT molecular complexity index is 613. The molecule has 0 aliphatic heterocycles. The number of hydrogen-bond donors (Lipinski definition) is 1. The van der Waals surface area contributed by atoms with Crippen molar-refractivity contribution < 1.29 is 40.2 Å². The SMILES string of the molecule is CS(=O)(=O)Nc1ccc(Cl)c(S(=O)(=O)[O-])c1.[Li+]. The molecule has 10 heteroatoms. The van der Waals surface area contributed by atoms with Gasteiger partial charge in [0.05, 0.1) is 16.2 Å². The number of benzene rings is 1. The molecule has 0 bridgehead atoms. The van der Waals surface area contributed by atoms with Gasteiger partial charge >= 0.3 is 18.9 Å². The van der Waals surface area contributed by atoms with Crippen LogP contribution in [-0.4, -0.2) is 27.6 Å². The molecule has 6 nitrogen and oxygen atoms in total. The molecule has 1 aromatic carbocycles. The van der Waals surface area contributed by atoms with E-state index < -0.39 is 25.0 Å². The van der Waals surface area contributed by atoms with E-state index >= 15 is 0 Å². The normalized spacial score (nSPS) is 11.7. The molecule has 0 spiro atoms. The van der Waals surface area contributed by atoms with Gasteiger partial charge in [-0.25, -0.2) is 16.8 Å². The first-order chi connectivity index (χ1) is 7.09. The second-order valence-corrected chi connectivity index (χ2v) is 6.48. The van der Waals surface area contributed by atoms with Crippen molar-refractivity contribution >= 4 is 37.4 Å². The van der Waals surface area contributed by atoms with Gasteiger partial charge in [0.1, 0.15) is 10.1 Å². The number of halogens is 1. The summed E-state index contributed by atoms with van der Waals surface area (Å²) in [6.07, 6.45) is 0.896. The second-order valence-electron chi connectivity index (χ2n) is 2.97. The number of anilines is 1. The van der Waals surface area contributed by atoms with Crippen LogP contribution in [0, 0.1) is 0 Å². The van der Waals surface area contributed by atoms with E-state index in [1.54, 1.807) is 0 Å². The quantitative estimate of drug-likeness (QED) is 0.495. The van der Waals surface area contributed by atoms with E-state index in [1.165, 1.54) is 6.07 Å². The van der Waals surface area contributed by atoms with Crippen LogP contribution in [0.15, 0.2) is 23.1 Å². The van der Waals surface area contributed by atoms with Crippen LogP contribution < -0.4 is 23.6 Å². The molecule has 0 unspecified atom stereocenters. The summed E-state index contributed by atoms with van der Waals surface area (Å²) < 4.78 is 56.0. The average Bonchev–Trinajstić information content (AvgIpc) is 2.04. The second kappa shape index (κ2) is 5.61. The topological polar surface area (TPSA) is 103 Å². The van der Waals surface area contributed by atoms with Crippen LogP contribution in [0.3, 0.4) is 0 Å². The maximum absolute atomic E-state index is 10.9. The first-order valence-corrected chi connectivity index (χ1v) is 7.50. The largest absolute Gasteiger partial charge is 1.00 e. The molecule has 17 heavy (non-hydrogen) atoms. The number of nitrogens with one attached hydrogen (secondary N) is 1. The van der Waals surface area contributed by atoms with Crippen molar-refractivity contribution in [2.75, 3.05) is 11.0 Å². The summed E-state index contributed by atoms with van der Waals surface area (Å²) in [5.41, 5.74) is -0.0404. The molecule has 0 saturated carbocycles. The van der Waals surface area contributed by atoms with Crippen molar-refractivity contribution in [3.63, 3.8) is 0 Å². The van der Waals surface area contributed by atoms with Gasteiger partial charge in [0, 0.05) is 5.69 Å². The van der Waals surface area contributed by atoms with Gasteiger partial charge in [0.2, 0.25) is 10.0 Å². The van der Waals surface area contributed by atoms with Crippen molar-refractivity contribution in [3.8, 4) is 0 Å². The van der Waals surface area contributed by atoms with E-state index in [9.17, 15) is 21.4 Å². The van der Waals surface area contributed by atoms with E-state index in [1.807, 2.05) is 4.72 Å². The van der Waals surface area contributed by atoms with E-state index in [2.05, 4.69) is 0 Å². The minimum absolute atomic E-state index is 0. The van der Waals surface area contributed by atoms with Gasteiger partial charge in [-0.3, -0.25) is 4.72 Å². The molecular weight excluding hydrogens is 285 g/mol. The van der Waals surface area contributed by atoms with Crippen molar-refractivity contribution in [2.45, 2.75) is 4.90 Å². The molecule has 1 rings (SSSR count). The molecule has 0 fully saturated rings. The molecule has 0 atom stereocenters. The fourth-order valence-corrected chi connectivity index (χ4v) is 2.51. The van der Waals surface area contributed by atoms with Crippen LogP contribution in [0.2, 0.25) is 5.02 Å². The van der Waals surface area contributed by atoms with Gasteiger partial charge in [-0.05, 0) is 18.2 Å². The molecule has 0 aromatic heterocycles. The summed E-state index contributed by atoms with van der Waals surface area (Å²) in [5, 5.41) is -0.256. The molecule has 90 valence electrons. The Balaban J connectivity index is 0.00000256. The fraction of sp³-hybridized carbons (Fsp3) is 0.143. The third-order valence-electron chi connectivity index (χ3n) is 1.50. The molecule has 0 aliphatic carbocycles. The van der Waals surface area contributed by atoms with E-state index in [0.29, 0.717) is 0 Å². The number of hydrogen-bond acceptors (Lipinski definition) is 5. The first-order valence-electron chi connectivity index (χ1n) is 3.83. The van der Waals surface area contributed by atoms with Crippen LogP contribution in [0.4, 0.5) is 5.69 Å². The zero-order valence-corrected chi connectivity index (χ0v) is 11.4. The van der Waals surface area contributed by atoms with Crippen LogP contribution in [0.1, 0.15) is 0 Å². The van der Waals surface area contributed by atoms with Crippen LogP contribution in [-0.2, 0) is 20.1 Å². The van der Waals surface area contributed by atoms with Gasteiger partial charge in [0.15, 0.2) is 0 Å². The predicted molar refractivity (Wildman–Crippen MR) is 57.9 cm³/mol. The molecular formula is C7H7ClLiNO5S2. The summed E-state index contributed by atoms with van der Waals surface area (Å²) in [6.45, 7) is 0. The average molecular weight is 292 g/mol. The van der Waals surface area contributed by atoms with Gasteiger partial charge in [-0.2, -0.15) is 0 Å². The third-order valence-corrected chi connectivity index (χ3v) is 3.43. The van der Waals surface area contributed by atoms with Crippen molar-refractivity contribution in [2.24, 2.45) is 0 Å². The molecule has 0 amide bonds. The Morgan fingerprint density at radius 3 is 2.18 bits per heavy atom. The van der Waals surface area contributed by atoms with E-state index in [-0.39, 0.29) is 29.6 Å². The van der Waals surface area contributed by atoms with Crippen LogP contribution in [0.5, 0.6) is 0 Å². The summed E-state index contributed by atoms with van der Waals surface area (Å²) >= 11 is 5.50.